The zero-order chi connectivity index (χ0) is 12.7. The van der Waals surface area contributed by atoms with Crippen molar-refractivity contribution in [3.63, 3.8) is 0 Å². The van der Waals surface area contributed by atoms with Crippen LogP contribution in [0.4, 0.5) is 0 Å². The minimum atomic E-state index is 1.03. The van der Waals surface area contributed by atoms with Crippen LogP contribution >= 0.6 is 0 Å². The van der Waals surface area contributed by atoms with Gasteiger partial charge >= 0.3 is 0 Å². The molecule has 0 radical (unpaired) electrons. The van der Waals surface area contributed by atoms with Crippen molar-refractivity contribution in [1.29, 1.82) is 0 Å². The Morgan fingerprint density at radius 3 is 2.42 bits per heavy atom. The van der Waals surface area contributed by atoms with Gasteiger partial charge in [0, 0.05) is 0 Å². The quantitative estimate of drug-likeness (QED) is 0.646. The number of allylic oxidation sites excluding steroid dienone is 2. The van der Waals surface area contributed by atoms with E-state index in [2.05, 4.69) is 72.9 Å². The molecule has 0 nitrogen and oxygen atoms in total. The third-order valence-electron chi connectivity index (χ3n) is 3.90. The lowest BCUT2D eigenvalue weighted by Gasteiger charge is -2.08. The van der Waals surface area contributed by atoms with E-state index in [9.17, 15) is 0 Å². The Hall–Kier alpha value is -2.34. The number of hydrogen-bond donors (Lipinski definition) is 0. The summed E-state index contributed by atoms with van der Waals surface area (Å²) in [5.74, 6) is 0. The van der Waals surface area contributed by atoms with Crippen molar-refractivity contribution in [2.24, 2.45) is 0 Å². The molecular formula is C19H14. The number of hydrogen-bond acceptors (Lipinski definition) is 0. The van der Waals surface area contributed by atoms with E-state index >= 15 is 0 Å². The van der Waals surface area contributed by atoms with Crippen LogP contribution in [0.25, 0.3) is 24.3 Å². The van der Waals surface area contributed by atoms with Gasteiger partial charge in [0.05, 0.1) is 0 Å². The molecule has 0 spiro atoms. The second kappa shape index (κ2) is 4.10. The van der Waals surface area contributed by atoms with Gasteiger partial charge in [0.15, 0.2) is 0 Å². The van der Waals surface area contributed by atoms with Crippen molar-refractivity contribution in [3.05, 3.63) is 80.6 Å². The maximum Gasteiger partial charge on any atom is -0.00822 e. The summed E-state index contributed by atoms with van der Waals surface area (Å²) in [5, 5.41) is 5.27. The Labute approximate surface area is 112 Å². The van der Waals surface area contributed by atoms with Crippen LogP contribution < -0.4 is 20.9 Å². The highest BCUT2D eigenvalue weighted by atomic mass is 14.1. The lowest BCUT2D eigenvalue weighted by atomic mass is 9.96. The van der Waals surface area contributed by atoms with Crippen LogP contribution in [0.2, 0.25) is 0 Å². The highest BCUT2D eigenvalue weighted by Gasteiger charge is 2.05. The molecule has 4 rings (SSSR count). The minimum Gasteiger partial charge on any atom is -0.0801 e. The summed E-state index contributed by atoms with van der Waals surface area (Å²) in [6.07, 6.45) is 14.4. The summed E-state index contributed by atoms with van der Waals surface area (Å²) in [5.41, 5.74) is 2.82. The highest BCUT2D eigenvalue weighted by Crippen LogP contribution is 2.06. The summed E-state index contributed by atoms with van der Waals surface area (Å²) in [7, 11) is 0. The van der Waals surface area contributed by atoms with Crippen LogP contribution in [0, 0.1) is 0 Å². The van der Waals surface area contributed by atoms with Crippen LogP contribution in [-0.4, -0.2) is 0 Å². The Bertz CT molecular complexity index is 925. The summed E-state index contributed by atoms with van der Waals surface area (Å²) in [6.45, 7) is 0. The molecule has 0 saturated heterocycles. The molecule has 0 unspecified atom stereocenters. The summed E-state index contributed by atoms with van der Waals surface area (Å²) >= 11 is 0. The van der Waals surface area contributed by atoms with Crippen LogP contribution in [0.15, 0.2) is 48.6 Å². The Morgan fingerprint density at radius 1 is 0.684 bits per heavy atom. The average Bonchev–Trinajstić information content (AvgIpc) is 2.66. The SMILES string of the molecule is C1=CCc2c3c(ccc2=C1)=CC=c1ccccc1=C3. The van der Waals surface area contributed by atoms with Crippen LogP contribution in [-0.2, 0) is 6.42 Å². The maximum atomic E-state index is 2.33. The van der Waals surface area contributed by atoms with Crippen LogP contribution in [0.1, 0.15) is 11.1 Å². The van der Waals surface area contributed by atoms with Gasteiger partial charge in [0.2, 0.25) is 0 Å². The predicted octanol–water partition coefficient (Wildman–Crippen LogP) is 0.983. The molecule has 0 aliphatic heterocycles. The monoisotopic (exact) mass is 242 g/mol. The molecule has 0 fully saturated rings. The van der Waals surface area contributed by atoms with E-state index in [0.717, 1.165) is 6.42 Å². The van der Waals surface area contributed by atoms with E-state index < -0.39 is 0 Å². The second-order valence-electron chi connectivity index (χ2n) is 5.04. The maximum absolute atomic E-state index is 2.33. The molecule has 2 aliphatic carbocycles. The van der Waals surface area contributed by atoms with Crippen molar-refractivity contribution in [2.45, 2.75) is 6.42 Å². The first kappa shape index (κ1) is 10.6. The summed E-state index contributed by atoms with van der Waals surface area (Å²) in [4.78, 5) is 0. The first-order chi connectivity index (χ1) is 9.42. The zero-order valence-electron chi connectivity index (χ0n) is 10.6. The molecule has 0 bridgehead atoms. The molecule has 0 heterocycles. The lowest BCUT2D eigenvalue weighted by Crippen LogP contribution is -2.24. The van der Waals surface area contributed by atoms with E-state index in [1.54, 1.807) is 0 Å². The average molecular weight is 242 g/mol. The fourth-order valence-corrected chi connectivity index (χ4v) is 2.89. The molecule has 0 N–H and O–H groups in total. The van der Waals surface area contributed by atoms with E-state index in [4.69, 9.17) is 0 Å². The molecule has 0 heteroatoms. The molecule has 19 heavy (non-hydrogen) atoms. The molecule has 0 aromatic heterocycles. The summed E-state index contributed by atoms with van der Waals surface area (Å²) in [6, 6.07) is 13.0. The van der Waals surface area contributed by atoms with Gasteiger partial charge in [-0.1, -0.05) is 66.8 Å². The van der Waals surface area contributed by atoms with Crippen molar-refractivity contribution < 1.29 is 0 Å². The number of rotatable bonds is 0. The third-order valence-corrected chi connectivity index (χ3v) is 3.90. The summed E-state index contributed by atoms with van der Waals surface area (Å²) < 4.78 is 0. The molecule has 2 aliphatic rings. The lowest BCUT2D eigenvalue weighted by molar-refractivity contribution is 1.20. The normalized spacial score (nSPS) is 14.5. The van der Waals surface area contributed by atoms with Gasteiger partial charge in [-0.15, -0.1) is 0 Å². The van der Waals surface area contributed by atoms with Gasteiger partial charge in [0.1, 0.15) is 0 Å². The van der Waals surface area contributed by atoms with Gasteiger partial charge < -0.3 is 0 Å². The number of benzene rings is 2. The van der Waals surface area contributed by atoms with Gasteiger partial charge in [-0.3, -0.25) is 0 Å². The molecule has 90 valence electrons. The molecule has 0 atom stereocenters. The molecule has 0 amide bonds. The topological polar surface area (TPSA) is 0 Å². The number of fused-ring (bicyclic) bond motifs is 4. The van der Waals surface area contributed by atoms with Crippen molar-refractivity contribution in [1.82, 2.24) is 0 Å². The molecule has 0 saturated carbocycles. The van der Waals surface area contributed by atoms with Gasteiger partial charge in [-0.2, -0.15) is 0 Å². The Balaban J connectivity index is 2.17. The van der Waals surface area contributed by atoms with Crippen LogP contribution in [0.3, 0.4) is 0 Å². The highest BCUT2D eigenvalue weighted by molar-refractivity contribution is 5.70. The van der Waals surface area contributed by atoms with Gasteiger partial charge in [0.25, 0.3) is 0 Å². The largest absolute Gasteiger partial charge is 0.0801 e. The molecular weight excluding hydrogens is 228 g/mol. The van der Waals surface area contributed by atoms with E-state index in [1.165, 1.54) is 32.0 Å². The Morgan fingerprint density at radius 2 is 1.47 bits per heavy atom. The van der Waals surface area contributed by atoms with Crippen molar-refractivity contribution in [3.8, 4) is 0 Å². The van der Waals surface area contributed by atoms with Gasteiger partial charge in [-0.05, 0) is 44.5 Å². The molecule has 2 aromatic rings. The fraction of sp³-hybridized carbons (Fsp3) is 0.0526. The van der Waals surface area contributed by atoms with E-state index in [1.807, 2.05) is 0 Å². The zero-order valence-corrected chi connectivity index (χ0v) is 10.6. The van der Waals surface area contributed by atoms with Crippen molar-refractivity contribution >= 4 is 24.3 Å². The Kier molecular flexibility index (Phi) is 2.28. The first-order valence-corrected chi connectivity index (χ1v) is 6.69. The minimum absolute atomic E-state index is 1.03. The van der Waals surface area contributed by atoms with E-state index in [-0.39, 0.29) is 0 Å². The third kappa shape index (κ3) is 1.68. The van der Waals surface area contributed by atoms with E-state index in [0.29, 0.717) is 0 Å². The van der Waals surface area contributed by atoms with Gasteiger partial charge in [-0.25, -0.2) is 0 Å². The second-order valence-corrected chi connectivity index (χ2v) is 5.04. The van der Waals surface area contributed by atoms with Crippen molar-refractivity contribution in [2.75, 3.05) is 0 Å². The van der Waals surface area contributed by atoms with Crippen LogP contribution in [0.5, 0.6) is 0 Å². The fourth-order valence-electron chi connectivity index (χ4n) is 2.89. The predicted molar refractivity (Wildman–Crippen MR) is 81.2 cm³/mol. The molecule has 2 aromatic carbocycles. The first-order valence-electron chi connectivity index (χ1n) is 6.69. The standard InChI is InChI=1S/C19H14/c1-2-7-17-13-19-16(10-9-14(17)5-1)12-11-15-6-3-4-8-18(15)19/h1-7,9-13H,8H2. The smallest absolute Gasteiger partial charge is 0.00822 e.